The van der Waals surface area contributed by atoms with Crippen molar-refractivity contribution in [3.05, 3.63) is 23.2 Å². The maximum Gasteiger partial charge on any atom is 0.257 e. The minimum absolute atomic E-state index is 0.0762. The Morgan fingerprint density at radius 1 is 1.41 bits per heavy atom. The first-order chi connectivity index (χ1) is 8.10. The Morgan fingerprint density at radius 3 is 2.59 bits per heavy atom. The number of furan rings is 1. The second-order valence-corrected chi connectivity index (χ2v) is 4.95. The van der Waals surface area contributed by atoms with Crippen LogP contribution in [-0.4, -0.2) is 29.2 Å². The number of rotatable bonds is 6. The van der Waals surface area contributed by atoms with E-state index in [1.54, 1.807) is 0 Å². The summed E-state index contributed by atoms with van der Waals surface area (Å²) in [7, 11) is 0. The van der Waals surface area contributed by atoms with Crippen LogP contribution < -0.4 is 0 Å². The van der Waals surface area contributed by atoms with Crippen molar-refractivity contribution in [1.29, 1.82) is 0 Å². The predicted molar refractivity (Wildman–Crippen MR) is 72.8 cm³/mol. The first-order valence-corrected chi connectivity index (χ1v) is 7.14. The second kappa shape index (κ2) is 6.84. The average Bonchev–Trinajstić information content (AvgIpc) is 2.63. The normalized spacial score (nSPS) is 10.6. The molecule has 0 aliphatic carbocycles. The minimum atomic E-state index is 0.0762. The molecule has 0 saturated carbocycles. The smallest absolute Gasteiger partial charge is 0.257 e. The first-order valence-electron chi connectivity index (χ1n) is 6.02. The fourth-order valence-electron chi connectivity index (χ4n) is 1.78. The Balaban J connectivity index is 2.79. The van der Waals surface area contributed by atoms with Crippen LogP contribution in [0, 0.1) is 13.8 Å². The van der Waals surface area contributed by atoms with Gasteiger partial charge in [0.1, 0.15) is 11.5 Å². The van der Waals surface area contributed by atoms with Gasteiger partial charge in [-0.25, -0.2) is 0 Å². The molecule has 0 radical (unpaired) electrons. The van der Waals surface area contributed by atoms with Crippen LogP contribution in [0.5, 0.6) is 0 Å². The maximum absolute atomic E-state index is 12.3. The topological polar surface area (TPSA) is 33.5 Å². The van der Waals surface area contributed by atoms with Crippen LogP contribution in [0.15, 0.2) is 10.5 Å². The first kappa shape index (κ1) is 14.3. The van der Waals surface area contributed by atoms with Crippen molar-refractivity contribution in [2.45, 2.75) is 33.6 Å². The van der Waals surface area contributed by atoms with E-state index in [4.69, 9.17) is 4.42 Å². The number of halogens is 1. The van der Waals surface area contributed by atoms with E-state index in [0.29, 0.717) is 11.3 Å². The van der Waals surface area contributed by atoms with Crippen molar-refractivity contribution in [2.75, 3.05) is 18.4 Å². The molecule has 0 atom stereocenters. The molecule has 0 N–H and O–H groups in total. The van der Waals surface area contributed by atoms with Gasteiger partial charge in [0.15, 0.2) is 0 Å². The van der Waals surface area contributed by atoms with Crippen molar-refractivity contribution in [3.63, 3.8) is 0 Å². The summed E-state index contributed by atoms with van der Waals surface area (Å²) in [6, 6.07) is 1.82. The number of amides is 1. The molecule has 0 saturated heterocycles. The van der Waals surface area contributed by atoms with Gasteiger partial charge in [-0.2, -0.15) is 0 Å². The van der Waals surface area contributed by atoms with E-state index in [2.05, 4.69) is 22.9 Å². The van der Waals surface area contributed by atoms with E-state index in [9.17, 15) is 4.79 Å². The number of unbranched alkanes of at least 4 members (excludes halogenated alkanes) is 1. The van der Waals surface area contributed by atoms with Crippen LogP contribution in [0.4, 0.5) is 0 Å². The van der Waals surface area contributed by atoms with Crippen molar-refractivity contribution in [3.8, 4) is 0 Å². The lowest BCUT2D eigenvalue weighted by atomic mass is 10.2. The van der Waals surface area contributed by atoms with Crippen molar-refractivity contribution in [2.24, 2.45) is 0 Å². The van der Waals surface area contributed by atoms with Crippen molar-refractivity contribution in [1.82, 2.24) is 4.90 Å². The van der Waals surface area contributed by atoms with Gasteiger partial charge in [0.2, 0.25) is 0 Å². The standard InChI is InChI=1S/C13H20BrNO2/c1-4-5-7-15(8-6-14)13(16)12-9-10(2)17-11(12)3/h9H,4-8H2,1-3H3. The summed E-state index contributed by atoms with van der Waals surface area (Å²) in [5.41, 5.74) is 0.694. The number of hydrogen-bond acceptors (Lipinski definition) is 2. The molecule has 1 rings (SSSR count). The van der Waals surface area contributed by atoms with Crippen LogP contribution in [0.25, 0.3) is 0 Å². The van der Waals surface area contributed by atoms with Gasteiger partial charge in [-0.3, -0.25) is 4.79 Å². The third-order valence-electron chi connectivity index (χ3n) is 2.69. The quantitative estimate of drug-likeness (QED) is 0.753. The Kier molecular flexibility index (Phi) is 5.75. The van der Waals surface area contributed by atoms with Gasteiger partial charge < -0.3 is 9.32 Å². The molecule has 1 amide bonds. The van der Waals surface area contributed by atoms with Crippen LogP contribution >= 0.6 is 15.9 Å². The molecule has 1 heterocycles. The zero-order valence-electron chi connectivity index (χ0n) is 10.8. The summed E-state index contributed by atoms with van der Waals surface area (Å²) in [6.07, 6.45) is 2.13. The Hall–Kier alpha value is -0.770. The van der Waals surface area contributed by atoms with Crippen LogP contribution in [0.2, 0.25) is 0 Å². The molecule has 4 heteroatoms. The molecule has 0 bridgehead atoms. The summed E-state index contributed by atoms with van der Waals surface area (Å²) < 4.78 is 5.41. The summed E-state index contributed by atoms with van der Waals surface area (Å²) in [5.74, 6) is 1.58. The molecule has 0 unspecified atom stereocenters. The number of hydrogen-bond donors (Lipinski definition) is 0. The molecule has 17 heavy (non-hydrogen) atoms. The van der Waals surface area contributed by atoms with Crippen LogP contribution in [-0.2, 0) is 0 Å². The fraction of sp³-hybridized carbons (Fsp3) is 0.615. The molecule has 0 fully saturated rings. The summed E-state index contributed by atoms with van der Waals surface area (Å²) >= 11 is 3.39. The van der Waals surface area contributed by atoms with E-state index in [1.807, 2.05) is 24.8 Å². The highest BCUT2D eigenvalue weighted by atomic mass is 79.9. The lowest BCUT2D eigenvalue weighted by molar-refractivity contribution is 0.0762. The highest BCUT2D eigenvalue weighted by Crippen LogP contribution is 2.16. The van der Waals surface area contributed by atoms with E-state index in [0.717, 1.165) is 37.0 Å². The van der Waals surface area contributed by atoms with E-state index >= 15 is 0 Å². The lowest BCUT2D eigenvalue weighted by Gasteiger charge is -2.21. The molecule has 96 valence electrons. The molecule has 1 aromatic rings. The molecule has 3 nitrogen and oxygen atoms in total. The lowest BCUT2D eigenvalue weighted by Crippen LogP contribution is -2.33. The second-order valence-electron chi connectivity index (χ2n) is 4.16. The minimum Gasteiger partial charge on any atom is -0.466 e. The van der Waals surface area contributed by atoms with Gasteiger partial charge in [0.05, 0.1) is 5.56 Å². The Morgan fingerprint density at radius 2 is 2.12 bits per heavy atom. The molecule has 0 aromatic carbocycles. The number of aryl methyl sites for hydroxylation is 2. The van der Waals surface area contributed by atoms with Gasteiger partial charge in [-0.1, -0.05) is 29.3 Å². The monoisotopic (exact) mass is 301 g/mol. The highest BCUT2D eigenvalue weighted by molar-refractivity contribution is 9.09. The highest BCUT2D eigenvalue weighted by Gasteiger charge is 2.19. The number of carbonyl (C=O) groups is 1. The van der Waals surface area contributed by atoms with Gasteiger partial charge >= 0.3 is 0 Å². The van der Waals surface area contributed by atoms with Crippen LogP contribution in [0.3, 0.4) is 0 Å². The molecule has 0 spiro atoms. The largest absolute Gasteiger partial charge is 0.466 e. The molecule has 0 aliphatic rings. The molecule has 0 aliphatic heterocycles. The third kappa shape index (κ3) is 3.87. The average molecular weight is 302 g/mol. The molecule has 1 aromatic heterocycles. The Labute approximate surface area is 111 Å². The van der Waals surface area contributed by atoms with Crippen molar-refractivity contribution < 1.29 is 9.21 Å². The number of nitrogens with zero attached hydrogens (tertiary/aromatic N) is 1. The maximum atomic E-state index is 12.3. The molecular formula is C13H20BrNO2. The van der Waals surface area contributed by atoms with E-state index < -0.39 is 0 Å². The zero-order chi connectivity index (χ0) is 12.8. The Bertz CT molecular complexity index is 373. The van der Waals surface area contributed by atoms with Gasteiger partial charge in [-0.05, 0) is 26.3 Å². The third-order valence-corrected chi connectivity index (χ3v) is 3.05. The number of carbonyl (C=O) groups excluding carboxylic acids is 1. The van der Waals surface area contributed by atoms with E-state index in [-0.39, 0.29) is 5.91 Å². The summed E-state index contributed by atoms with van der Waals surface area (Å²) in [6.45, 7) is 7.38. The van der Waals surface area contributed by atoms with Gasteiger partial charge in [0.25, 0.3) is 5.91 Å². The zero-order valence-corrected chi connectivity index (χ0v) is 12.3. The van der Waals surface area contributed by atoms with Crippen molar-refractivity contribution >= 4 is 21.8 Å². The predicted octanol–water partition coefficient (Wildman–Crippen LogP) is 3.53. The number of alkyl halides is 1. The van der Waals surface area contributed by atoms with Gasteiger partial charge in [0, 0.05) is 18.4 Å². The summed E-state index contributed by atoms with van der Waals surface area (Å²) in [5, 5.41) is 0.804. The van der Waals surface area contributed by atoms with Crippen LogP contribution in [0.1, 0.15) is 41.6 Å². The van der Waals surface area contributed by atoms with Gasteiger partial charge in [-0.15, -0.1) is 0 Å². The fourth-order valence-corrected chi connectivity index (χ4v) is 2.21. The SMILES string of the molecule is CCCCN(CCBr)C(=O)c1cc(C)oc1C. The molecular weight excluding hydrogens is 282 g/mol. The van der Waals surface area contributed by atoms with E-state index in [1.165, 1.54) is 0 Å². The summed E-state index contributed by atoms with van der Waals surface area (Å²) in [4.78, 5) is 14.2.